The molecule has 4 rings (SSSR count). The van der Waals surface area contributed by atoms with Crippen LogP contribution in [-0.2, 0) is 0 Å². The fourth-order valence-electron chi connectivity index (χ4n) is 3.37. The molecule has 0 radical (unpaired) electrons. The number of rotatable bonds is 1. The topological polar surface area (TPSA) is 106 Å². The number of hydrogen-bond donors (Lipinski definition) is 3. The average molecular weight is 370 g/mol. The molecule has 0 saturated heterocycles. The zero-order chi connectivity index (χ0) is 18.7. The van der Waals surface area contributed by atoms with Crippen LogP contribution in [0.5, 0.6) is 5.75 Å². The minimum Gasteiger partial charge on any atom is -0.508 e. The molecular formula is C18H16ClN5O2. The molecule has 3 heterocycles. The second-order valence-electron chi connectivity index (χ2n) is 6.25. The van der Waals surface area contributed by atoms with Gasteiger partial charge in [-0.3, -0.25) is 9.36 Å². The first-order chi connectivity index (χ1) is 12.3. The summed E-state index contributed by atoms with van der Waals surface area (Å²) in [5, 5.41) is 13.6. The molecular weight excluding hydrogens is 354 g/mol. The van der Waals surface area contributed by atoms with E-state index >= 15 is 0 Å². The highest BCUT2D eigenvalue weighted by Crippen LogP contribution is 2.39. The number of phenols is 1. The molecule has 0 spiro atoms. The van der Waals surface area contributed by atoms with Crippen molar-refractivity contribution in [2.45, 2.75) is 20.8 Å². The first kappa shape index (κ1) is 16.4. The third-order valence-electron chi connectivity index (χ3n) is 4.57. The van der Waals surface area contributed by atoms with Crippen molar-refractivity contribution < 1.29 is 9.90 Å². The van der Waals surface area contributed by atoms with Crippen LogP contribution in [0, 0.1) is 20.8 Å². The lowest BCUT2D eigenvalue weighted by Gasteiger charge is -2.15. The predicted molar refractivity (Wildman–Crippen MR) is 100 cm³/mol. The normalized spacial score (nSPS) is 13.5. The summed E-state index contributed by atoms with van der Waals surface area (Å²) in [4.78, 5) is 21.5. The van der Waals surface area contributed by atoms with E-state index < -0.39 is 0 Å². The molecule has 0 saturated carbocycles. The number of carbonyl (C=O) groups is 1. The average Bonchev–Trinajstić information content (AvgIpc) is 2.80. The second-order valence-corrected chi connectivity index (χ2v) is 6.66. The molecule has 8 heteroatoms. The summed E-state index contributed by atoms with van der Waals surface area (Å²) in [6.07, 6.45) is 1.40. The van der Waals surface area contributed by atoms with Gasteiger partial charge in [-0.25, -0.2) is 9.97 Å². The van der Waals surface area contributed by atoms with Crippen LogP contribution in [0.25, 0.3) is 21.8 Å². The Kier molecular flexibility index (Phi) is 3.45. The SMILES string of the molecule is Cc1nc2c3c(c(N)n(-c4c(C)ccc(O)c4C)c3n1)C(=O)NC=C2Cl. The Balaban J connectivity index is 2.25. The van der Waals surface area contributed by atoms with Crippen LogP contribution in [0.1, 0.15) is 33.0 Å². The summed E-state index contributed by atoms with van der Waals surface area (Å²) in [5.41, 5.74) is 9.77. The smallest absolute Gasteiger partial charge is 0.259 e. The van der Waals surface area contributed by atoms with E-state index in [0.29, 0.717) is 38.8 Å². The highest BCUT2D eigenvalue weighted by Gasteiger charge is 2.30. The Morgan fingerprint density at radius 2 is 1.96 bits per heavy atom. The van der Waals surface area contributed by atoms with Crippen molar-refractivity contribution in [2.24, 2.45) is 0 Å². The van der Waals surface area contributed by atoms with Gasteiger partial charge in [0, 0.05) is 11.8 Å². The minimum absolute atomic E-state index is 0.133. The molecule has 0 aliphatic carbocycles. The van der Waals surface area contributed by atoms with E-state index in [1.165, 1.54) is 6.20 Å². The summed E-state index contributed by atoms with van der Waals surface area (Å²) in [6, 6.07) is 3.41. The largest absolute Gasteiger partial charge is 0.508 e. The Morgan fingerprint density at radius 3 is 2.69 bits per heavy atom. The molecule has 26 heavy (non-hydrogen) atoms. The van der Waals surface area contributed by atoms with Gasteiger partial charge in [0.25, 0.3) is 5.91 Å². The quantitative estimate of drug-likeness (QED) is 0.611. The van der Waals surface area contributed by atoms with E-state index in [4.69, 9.17) is 17.3 Å². The van der Waals surface area contributed by atoms with Gasteiger partial charge in [-0.1, -0.05) is 17.7 Å². The zero-order valence-corrected chi connectivity index (χ0v) is 15.1. The van der Waals surface area contributed by atoms with E-state index in [1.807, 2.05) is 6.92 Å². The number of aryl methyl sites for hydroxylation is 2. The first-order valence-electron chi connectivity index (χ1n) is 7.96. The molecule has 1 aliphatic rings. The molecule has 0 fully saturated rings. The number of nitrogens with zero attached hydrogens (tertiary/aromatic N) is 3. The van der Waals surface area contributed by atoms with E-state index in [9.17, 15) is 9.90 Å². The summed E-state index contributed by atoms with van der Waals surface area (Å²) in [5.74, 6) is 0.462. The lowest BCUT2D eigenvalue weighted by Crippen LogP contribution is -2.18. The molecule has 3 aromatic rings. The molecule has 4 N–H and O–H groups in total. The highest BCUT2D eigenvalue weighted by atomic mass is 35.5. The number of aromatic hydroxyl groups is 1. The number of halogens is 1. The number of nitrogens with two attached hydrogens (primary N) is 1. The number of anilines is 1. The van der Waals surface area contributed by atoms with Gasteiger partial charge in [-0.05, 0) is 32.4 Å². The number of nitrogens with one attached hydrogen (secondary N) is 1. The number of benzene rings is 1. The fraction of sp³-hybridized carbons (Fsp3) is 0.167. The van der Waals surface area contributed by atoms with Crippen LogP contribution >= 0.6 is 11.6 Å². The Labute approximate surface area is 154 Å². The lowest BCUT2D eigenvalue weighted by molar-refractivity contribution is 0.0973. The van der Waals surface area contributed by atoms with E-state index in [1.54, 1.807) is 30.5 Å². The zero-order valence-electron chi connectivity index (χ0n) is 14.4. The molecule has 7 nitrogen and oxygen atoms in total. The number of hydrogen-bond acceptors (Lipinski definition) is 5. The number of nitrogen functional groups attached to an aromatic ring is 1. The minimum atomic E-state index is -0.383. The Morgan fingerprint density at radius 1 is 1.23 bits per heavy atom. The van der Waals surface area contributed by atoms with Crippen molar-refractivity contribution in [3.8, 4) is 11.4 Å². The van der Waals surface area contributed by atoms with Crippen LogP contribution < -0.4 is 11.1 Å². The maximum atomic E-state index is 12.6. The van der Waals surface area contributed by atoms with Gasteiger partial charge in [0.15, 0.2) is 5.65 Å². The van der Waals surface area contributed by atoms with E-state index in [2.05, 4.69) is 15.3 Å². The maximum Gasteiger partial charge on any atom is 0.259 e. The molecule has 0 unspecified atom stereocenters. The van der Waals surface area contributed by atoms with Crippen molar-refractivity contribution in [3.63, 3.8) is 0 Å². The summed E-state index contributed by atoms with van der Waals surface area (Å²) < 4.78 is 1.68. The number of carbonyl (C=O) groups excluding carboxylic acids is 1. The van der Waals surface area contributed by atoms with Crippen molar-refractivity contribution in [3.05, 3.63) is 46.5 Å². The van der Waals surface area contributed by atoms with Gasteiger partial charge in [0.2, 0.25) is 0 Å². The van der Waals surface area contributed by atoms with Crippen LogP contribution in [-0.4, -0.2) is 25.5 Å². The monoisotopic (exact) mass is 369 g/mol. The predicted octanol–water partition coefficient (Wildman–Crippen LogP) is 2.91. The third kappa shape index (κ3) is 2.10. The molecule has 1 amide bonds. The van der Waals surface area contributed by atoms with Crippen LogP contribution in [0.15, 0.2) is 18.3 Å². The maximum absolute atomic E-state index is 12.6. The first-order valence-corrected chi connectivity index (χ1v) is 8.34. The van der Waals surface area contributed by atoms with Crippen molar-refractivity contribution in [1.29, 1.82) is 0 Å². The number of phenolic OH excluding ortho intramolecular Hbond substituents is 1. The van der Waals surface area contributed by atoms with Crippen molar-refractivity contribution in [2.75, 3.05) is 5.73 Å². The summed E-state index contributed by atoms with van der Waals surface area (Å²) in [7, 11) is 0. The standard InChI is InChI=1S/C18H16ClN5O2/c1-7-4-5-11(25)8(2)15(7)24-16(20)13-12-14(10(19)6-21-18(13)26)22-9(3)23-17(12)24/h4-6,25H,20H2,1-3H3,(H,21,26). The van der Waals surface area contributed by atoms with E-state index in [0.717, 1.165) is 5.56 Å². The van der Waals surface area contributed by atoms with Crippen LogP contribution in [0.4, 0.5) is 5.82 Å². The van der Waals surface area contributed by atoms with Crippen molar-refractivity contribution in [1.82, 2.24) is 19.9 Å². The van der Waals surface area contributed by atoms with Gasteiger partial charge >= 0.3 is 0 Å². The Bertz CT molecular complexity index is 1150. The van der Waals surface area contributed by atoms with Gasteiger partial charge < -0.3 is 16.2 Å². The van der Waals surface area contributed by atoms with Gasteiger partial charge in [-0.15, -0.1) is 0 Å². The van der Waals surface area contributed by atoms with Gasteiger partial charge in [0.05, 0.1) is 27.4 Å². The molecule has 132 valence electrons. The summed E-state index contributed by atoms with van der Waals surface area (Å²) >= 11 is 6.32. The molecule has 0 atom stereocenters. The molecule has 1 aliphatic heterocycles. The van der Waals surface area contributed by atoms with Gasteiger partial charge in [0.1, 0.15) is 17.4 Å². The highest BCUT2D eigenvalue weighted by molar-refractivity contribution is 6.50. The Hall–Kier alpha value is -3.06. The fourth-order valence-corrected chi connectivity index (χ4v) is 3.56. The third-order valence-corrected chi connectivity index (χ3v) is 4.86. The second kappa shape index (κ2) is 5.47. The van der Waals surface area contributed by atoms with E-state index in [-0.39, 0.29) is 23.0 Å². The molecule has 1 aromatic carbocycles. The van der Waals surface area contributed by atoms with Gasteiger partial charge in [-0.2, -0.15) is 0 Å². The van der Waals surface area contributed by atoms with Crippen molar-refractivity contribution >= 4 is 39.4 Å². The lowest BCUT2D eigenvalue weighted by atomic mass is 10.1. The summed E-state index contributed by atoms with van der Waals surface area (Å²) in [6.45, 7) is 5.44. The van der Waals surface area contributed by atoms with Crippen LogP contribution in [0.2, 0.25) is 0 Å². The molecule has 2 aromatic heterocycles. The number of aromatic nitrogens is 3. The number of amides is 1. The van der Waals surface area contributed by atoms with Crippen LogP contribution in [0.3, 0.4) is 0 Å². The molecule has 0 bridgehead atoms.